The highest BCUT2D eigenvalue weighted by Gasteiger charge is 2.18. The molecule has 0 aliphatic heterocycles. The largest absolute Gasteiger partial charge is 0.411 e. The number of rotatable bonds is 4. The van der Waals surface area contributed by atoms with E-state index < -0.39 is 12.2 Å². The number of halogens is 2. The topological polar surface area (TPSA) is 82.0 Å². The fourth-order valence-electron chi connectivity index (χ4n) is 2.13. The maximum absolute atomic E-state index is 12.9. The van der Waals surface area contributed by atoms with Crippen LogP contribution in [0.4, 0.5) is 8.78 Å². The predicted molar refractivity (Wildman–Crippen MR) is 84.3 cm³/mol. The molecule has 1 aromatic carbocycles. The van der Waals surface area contributed by atoms with E-state index >= 15 is 0 Å². The molecule has 10 heteroatoms. The summed E-state index contributed by atoms with van der Waals surface area (Å²) in [5, 5.41) is 19.8. The molecule has 0 spiro atoms. The van der Waals surface area contributed by atoms with Gasteiger partial charge in [0.1, 0.15) is 5.03 Å². The standard InChI is InChI=1S/C15H10F2N6OS/c1-8-2-4-9(5-3-8)14-20-21-15(24-14)25-11-7-6-10-18-19-13(12(16)17)23(10)22-11/h2-7,12H,1H3. The normalized spacial score (nSPS) is 11.5. The molecule has 7 nitrogen and oxygen atoms in total. The van der Waals surface area contributed by atoms with Gasteiger partial charge in [0.05, 0.1) is 0 Å². The van der Waals surface area contributed by atoms with Crippen molar-refractivity contribution < 1.29 is 13.2 Å². The van der Waals surface area contributed by atoms with Crippen molar-refractivity contribution in [1.29, 1.82) is 0 Å². The lowest BCUT2D eigenvalue weighted by Gasteiger charge is -1.99. The second-order valence-corrected chi connectivity index (χ2v) is 6.11. The van der Waals surface area contributed by atoms with Gasteiger partial charge in [-0.25, -0.2) is 8.78 Å². The van der Waals surface area contributed by atoms with Gasteiger partial charge in [-0.3, -0.25) is 0 Å². The quantitative estimate of drug-likeness (QED) is 0.550. The Morgan fingerprint density at radius 3 is 2.56 bits per heavy atom. The van der Waals surface area contributed by atoms with Crippen molar-refractivity contribution in [1.82, 2.24) is 30.0 Å². The molecular weight excluding hydrogens is 350 g/mol. The van der Waals surface area contributed by atoms with E-state index in [1.54, 1.807) is 12.1 Å². The smallest absolute Gasteiger partial charge is 0.299 e. The molecule has 25 heavy (non-hydrogen) atoms. The summed E-state index contributed by atoms with van der Waals surface area (Å²) >= 11 is 1.07. The first-order valence-electron chi connectivity index (χ1n) is 7.19. The van der Waals surface area contributed by atoms with E-state index in [2.05, 4.69) is 25.5 Å². The maximum Gasteiger partial charge on any atom is 0.299 e. The lowest BCUT2D eigenvalue weighted by Crippen LogP contribution is -2.00. The van der Waals surface area contributed by atoms with Gasteiger partial charge in [0.2, 0.25) is 11.7 Å². The average Bonchev–Trinajstić information content (AvgIpc) is 3.22. The molecule has 0 bridgehead atoms. The van der Waals surface area contributed by atoms with Crippen molar-refractivity contribution >= 4 is 17.4 Å². The number of alkyl halides is 2. The second kappa shape index (κ2) is 6.20. The lowest BCUT2D eigenvalue weighted by molar-refractivity contribution is 0.137. The number of aromatic nitrogens is 6. The van der Waals surface area contributed by atoms with Gasteiger partial charge in [-0.15, -0.1) is 20.4 Å². The van der Waals surface area contributed by atoms with Crippen LogP contribution >= 0.6 is 11.8 Å². The van der Waals surface area contributed by atoms with Crippen LogP contribution in [0.3, 0.4) is 0 Å². The van der Waals surface area contributed by atoms with E-state index in [1.807, 2.05) is 31.2 Å². The summed E-state index contributed by atoms with van der Waals surface area (Å²) in [6, 6.07) is 10.8. The van der Waals surface area contributed by atoms with Crippen LogP contribution in [0.1, 0.15) is 17.8 Å². The van der Waals surface area contributed by atoms with E-state index in [9.17, 15) is 8.78 Å². The number of aryl methyl sites for hydroxylation is 1. The Morgan fingerprint density at radius 2 is 1.80 bits per heavy atom. The third-order valence-electron chi connectivity index (χ3n) is 3.35. The minimum Gasteiger partial charge on any atom is -0.411 e. The zero-order valence-corrected chi connectivity index (χ0v) is 13.6. The molecule has 126 valence electrons. The van der Waals surface area contributed by atoms with Crippen molar-refractivity contribution in [2.24, 2.45) is 0 Å². The molecular formula is C15H10F2N6OS. The molecule has 0 radical (unpaired) electrons. The Morgan fingerprint density at radius 1 is 1.00 bits per heavy atom. The van der Waals surface area contributed by atoms with E-state index in [0.29, 0.717) is 10.9 Å². The summed E-state index contributed by atoms with van der Waals surface area (Å²) in [5.74, 6) is -0.135. The minimum absolute atomic E-state index is 0.241. The first kappa shape index (κ1) is 15.6. The monoisotopic (exact) mass is 360 g/mol. The average molecular weight is 360 g/mol. The van der Waals surface area contributed by atoms with Crippen LogP contribution in [0.5, 0.6) is 0 Å². The molecule has 0 fully saturated rings. The van der Waals surface area contributed by atoms with Gasteiger partial charge in [0.25, 0.3) is 11.6 Å². The van der Waals surface area contributed by atoms with E-state index in [4.69, 9.17) is 4.42 Å². The summed E-state index contributed by atoms with van der Waals surface area (Å²) in [5.41, 5.74) is 2.16. The van der Waals surface area contributed by atoms with Gasteiger partial charge < -0.3 is 4.42 Å². The van der Waals surface area contributed by atoms with Gasteiger partial charge in [-0.1, -0.05) is 17.7 Å². The van der Waals surface area contributed by atoms with Crippen LogP contribution in [0.15, 0.2) is 51.1 Å². The summed E-state index contributed by atoms with van der Waals surface area (Å²) in [6.45, 7) is 1.99. The van der Waals surface area contributed by atoms with Crippen LogP contribution in [0.25, 0.3) is 17.1 Å². The molecule has 4 aromatic rings. The zero-order chi connectivity index (χ0) is 17.4. The molecule has 0 amide bonds. The van der Waals surface area contributed by atoms with Gasteiger partial charge in [0.15, 0.2) is 5.65 Å². The van der Waals surface area contributed by atoms with Gasteiger partial charge in [-0.2, -0.15) is 9.61 Å². The molecule has 0 atom stereocenters. The SMILES string of the molecule is Cc1ccc(-c2nnc(Sc3ccc4nnc(C(F)F)n4n3)o2)cc1. The lowest BCUT2D eigenvalue weighted by atomic mass is 10.1. The van der Waals surface area contributed by atoms with Crippen molar-refractivity contribution in [2.75, 3.05) is 0 Å². The predicted octanol–water partition coefficient (Wildman–Crippen LogP) is 3.57. The zero-order valence-electron chi connectivity index (χ0n) is 12.8. The molecule has 0 N–H and O–H groups in total. The van der Waals surface area contributed by atoms with Crippen LogP contribution in [0.2, 0.25) is 0 Å². The third kappa shape index (κ3) is 3.07. The molecule has 0 unspecified atom stereocenters. The second-order valence-electron chi connectivity index (χ2n) is 5.14. The van der Waals surface area contributed by atoms with Crippen LogP contribution in [0, 0.1) is 6.92 Å². The highest BCUT2D eigenvalue weighted by atomic mass is 32.2. The van der Waals surface area contributed by atoms with Crippen molar-refractivity contribution in [3.8, 4) is 11.5 Å². The van der Waals surface area contributed by atoms with Gasteiger partial charge in [0, 0.05) is 5.56 Å². The Labute approximate surface area is 144 Å². The van der Waals surface area contributed by atoms with Gasteiger partial charge in [-0.05, 0) is 43.0 Å². The van der Waals surface area contributed by atoms with Crippen LogP contribution < -0.4 is 0 Å². The molecule has 4 rings (SSSR count). The highest BCUT2D eigenvalue weighted by Crippen LogP contribution is 2.28. The Hall–Kier alpha value is -2.88. The molecule has 0 aliphatic rings. The van der Waals surface area contributed by atoms with Crippen LogP contribution in [-0.4, -0.2) is 30.0 Å². The van der Waals surface area contributed by atoms with E-state index in [0.717, 1.165) is 27.4 Å². The Bertz CT molecular complexity index is 1030. The van der Waals surface area contributed by atoms with Crippen LogP contribution in [-0.2, 0) is 0 Å². The van der Waals surface area contributed by atoms with Crippen molar-refractivity contribution in [3.63, 3.8) is 0 Å². The number of fused-ring (bicyclic) bond motifs is 1. The van der Waals surface area contributed by atoms with E-state index in [1.165, 1.54) is 0 Å². The number of benzene rings is 1. The van der Waals surface area contributed by atoms with Crippen molar-refractivity contribution in [3.05, 3.63) is 47.8 Å². The molecule has 0 saturated carbocycles. The number of nitrogens with zero attached hydrogens (tertiary/aromatic N) is 6. The van der Waals surface area contributed by atoms with E-state index in [-0.39, 0.29) is 10.9 Å². The minimum atomic E-state index is -2.76. The fraction of sp³-hybridized carbons (Fsp3) is 0.133. The highest BCUT2D eigenvalue weighted by molar-refractivity contribution is 7.99. The first-order valence-corrected chi connectivity index (χ1v) is 8.01. The fourth-order valence-corrected chi connectivity index (χ4v) is 2.77. The molecule has 3 aromatic heterocycles. The van der Waals surface area contributed by atoms with Crippen molar-refractivity contribution in [2.45, 2.75) is 23.6 Å². The Kier molecular flexibility index (Phi) is 3.88. The Balaban J connectivity index is 1.61. The summed E-state index contributed by atoms with van der Waals surface area (Å²) in [7, 11) is 0. The molecule has 0 aliphatic carbocycles. The first-order chi connectivity index (χ1) is 12.1. The number of hydrogen-bond donors (Lipinski definition) is 0. The maximum atomic E-state index is 12.9. The molecule has 0 saturated heterocycles. The summed E-state index contributed by atoms with van der Waals surface area (Å²) in [4.78, 5) is 0. The summed E-state index contributed by atoms with van der Waals surface area (Å²) < 4.78 is 32.4. The molecule has 3 heterocycles. The summed E-state index contributed by atoms with van der Waals surface area (Å²) in [6.07, 6.45) is -2.76. The van der Waals surface area contributed by atoms with Gasteiger partial charge >= 0.3 is 0 Å². The third-order valence-corrected chi connectivity index (χ3v) is 4.12. The number of hydrogen-bond acceptors (Lipinski definition) is 7.